The van der Waals surface area contributed by atoms with E-state index >= 15 is 0 Å². The van der Waals surface area contributed by atoms with Crippen molar-refractivity contribution in [2.45, 2.75) is 18.1 Å². The van der Waals surface area contributed by atoms with Crippen LogP contribution in [0.5, 0.6) is 0 Å². The molecule has 11 heteroatoms. The molecule has 0 aliphatic carbocycles. The highest BCUT2D eigenvalue weighted by Gasteiger charge is 2.21. The number of benzene rings is 13. The lowest BCUT2D eigenvalue weighted by Gasteiger charge is -2.12. The maximum Gasteiger partial charge on any atom is 0.338 e. The summed E-state index contributed by atoms with van der Waals surface area (Å²) in [4.78, 5) is 27.6. The van der Waals surface area contributed by atoms with Gasteiger partial charge in [-0.15, -0.1) is 0 Å². The zero-order chi connectivity index (χ0) is 62.3. The summed E-state index contributed by atoms with van der Waals surface area (Å²) >= 11 is -2.52. The first-order valence-electron chi connectivity index (χ1n) is 30.8. The number of esters is 2. The summed E-state index contributed by atoms with van der Waals surface area (Å²) < 4.78 is 43.7. The van der Waals surface area contributed by atoms with Gasteiger partial charge in [0.05, 0.1) is 60.2 Å². The molecule has 10 nitrogen and oxygen atoms in total. The standard InChI is InChI=1S/C82H54N4O6S/c87-81(91-50-52-25-43-79-71(45-52)69-17-5-11-23-77(69)85(79)62-39-31-56(32-40-62)54-27-35-60(36-28-54)83-73-19-7-1-13-65(73)66-14-2-8-20-74(66)83)58-47-59(49-64(48-58)93(89)90)82(88)92-51-53-26-44-80-72(46-53)70-18-6-12-24-78(70)86(80)63-41-33-57(34-42-63)55-29-37-61(38-30-55)84-75-21-9-3-15-67(75)68-16-4-10-22-76(68)84/h1-49H,50-51H2,(H,89,90). The van der Waals surface area contributed by atoms with Gasteiger partial charge in [0, 0.05) is 65.8 Å². The van der Waals surface area contributed by atoms with E-state index in [2.05, 4.69) is 237 Å². The Balaban J connectivity index is 0.579. The lowest BCUT2D eigenvalue weighted by molar-refractivity contribution is 0.0470. The van der Waals surface area contributed by atoms with Crippen LogP contribution in [0.3, 0.4) is 0 Å². The van der Waals surface area contributed by atoms with E-state index < -0.39 is 23.0 Å². The van der Waals surface area contributed by atoms with Gasteiger partial charge in [-0.2, -0.15) is 0 Å². The van der Waals surface area contributed by atoms with Gasteiger partial charge in [0.1, 0.15) is 13.2 Å². The quantitative estimate of drug-likeness (QED) is 0.0910. The number of rotatable bonds is 13. The van der Waals surface area contributed by atoms with E-state index in [1.807, 2.05) is 60.7 Å². The average molecular weight is 1220 g/mol. The minimum absolute atomic E-state index is 0.0577. The summed E-state index contributed by atoms with van der Waals surface area (Å²) in [5.41, 5.74) is 18.7. The number of ether oxygens (including phenoxy) is 2. The number of hydrogen-bond acceptors (Lipinski definition) is 5. The Bertz CT molecular complexity index is 5420. The van der Waals surface area contributed by atoms with Gasteiger partial charge in [0.25, 0.3) is 0 Å². The maximum absolute atomic E-state index is 13.9. The molecule has 0 bridgehead atoms. The fourth-order valence-electron chi connectivity index (χ4n) is 13.8. The number of fused-ring (bicyclic) bond motifs is 12. The summed E-state index contributed by atoms with van der Waals surface area (Å²) in [7, 11) is 0. The molecule has 0 spiro atoms. The summed E-state index contributed by atoms with van der Waals surface area (Å²) in [5, 5.41) is 8.96. The van der Waals surface area contributed by atoms with Gasteiger partial charge in [0.15, 0.2) is 11.1 Å². The van der Waals surface area contributed by atoms with Gasteiger partial charge in [0.2, 0.25) is 0 Å². The Morgan fingerprint density at radius 2 is 0.538 bits per heavy atom. The van der Waals surface area contributed by atoms with Crippen LogP contribution in [0.2, 0.25) is 0 Å². The van der Waals surface area contributed by atoms with E-state index in [1.165, 1.54) is 61.8 Å². The summed E-state index contributed by atoms with van der Waals surface area (Å²) in [6, 6.07) is 101. The highest BCUT2D eigenvalue weighted by molar-refractivity contribution is 7.79. The number of carbonyl (C=O) groups is 2. The fraction of sp³-hybridized carbons (Fsp3) is 0.0244. The molecule has 0 aliphatic rings. The van der Waals surface area contributed by atoms with Crippen molar-refractivity contribution in [2.24, 2.45) is 0 Å². The molecule has 0 radical (unpaired) electrons. The van der Waals surface area contributed by atoms with Crippen LogP contribution < -0.4 is 0 Å². The molecule has 1 N–H and O–H groups in total. The summed E-state index contributed by atoms with van der Waals surface area (Å²) in [5.74, 6) is -1.52. The van der Waals surface area contributed by atoms with Crippen LogP contribution in [-0.4, -0.2) is 39.0 Å². The first-order valence-corrected chi connectivity index (χ1v) is 31.9. The van der Waals surface area contributed by atoms with Gasteiger partial charge in [-0.1, -0.05) is 170 Å². The molecule has 4 heterocycles. The summed E-state index contributed by atoms with van der Waals surface area (Å²) in [6.07, 6.45) is 0. The lowest BCUT2D eigenvalue weighted by Crippen LogP contribution is -2.11. The van der Waals surface area contributed by atoms with Crippen LogP contribution in [0.25, 0.3) is 132 Å². The van der Waals surface area contributed by atoms with Crippen LogP contribution >= 0.6 is 0 Å². The fourth-order valence-corrected chi connectivity index (χ4v) is 14.2. The van der Waals surface area contributed by atoms with Crippen LogP contribution in [0.15, 0.2) is 302 Å². The van der Waals surface area contributed by atoms with Crippen molar-refractivity contribution in [1.29, 1.82) is 0 Å². The molecule has 444 valence electrons. The van der Waals surface area contributed by atoms with Crippen LogP contribution in [0.1, 0.15) is 31.8 Å². The van der Waals surface area contributed by atoms with Crippen molar-refractivity contribution >= 4 is 110 Å². The van der Waals surface area contributed by atoms with Crippen molar-refractivity contribution in [3.05, 3.63) is 320 Å². The maximum atomic E-state index is 13.9. The van der Waals surface area contributed by atoms with Gasteiger partial charge in [-0.05, 0) is 161 Å². The second-order valence-corrected chi connectivity index (χ2v) is 24.5. The molecule has 13 aromatic carbocycles. The zero-order valence-corrected chi connectivity index (χ0v) is 50.7. The second-order valence-electron chi connectivity index (χ2n) is 23.5. The lowest BCUT2D eigenvalue weighted by atomic mass is 10.0. The van der Waals surface area contributed by atoms with E-state index in [9.17, 15) is 18.4 Å². The molecule has 0 saturated carbocycles. The predicted octanol–water partition coefficient (Wildman–Crippen LogP) is 19.7. The molecule has 0 saturated heterocycles. The topological polar surface area (TPSA) is 110 Å². The van der Waals surface area contributed by atoms with Crippen molar-refractivity contribution < 1.29 is 27.8 Å². The van der Waals surface area contributed by atoms with Crippen molar-refractivity contribution in [3.8, 4) is 45.0 Å². The molecule has 17 aromatic rings. The monoisotopic (exact) mass is 1220 g/mol. The van der Waals surface area contributed by atoms with E-state index in [0.717, 1.165) is 99.7 Å². The first-order chi connectivity index (χ1) is 45.8. The van der Waals surface area contributed by atoms with Crippen molar-refractivity contribution in [1.82, 2.24) is 18.3 Å². The Hall–Kier alpha value is -11.9. The number of aromatic nitrogens is 4. The van der Waals surface area contributed by atoms with E-state index in [4.69, 9.17) is 9.47 Å². The van der Waals surface area contributed by atoms with Gasteiger partial charge in [-0.3, -0.25) is 0 Å². The van der Waals surface area contributed by atoms with Crippen LogP contribution in [0.4, 0.5) is 0 Å². The van der Waals surface area contributed by atoms with E-state index in [-0.39, 0.29) is 29.2 Å². The predicted molar refractivity (Wildman–Crippen MR) is 375 cm³/mol. The van der Waals surface area contributed by atoms with Crippen molar-refractivity contribution in [2.75, 3.05) is 0 Å². The van der Waals surface area contributed by atoms with Gasteiger partial charge < -0.3 is 32.3 Å². The van der Waals surface area contributed by atoms with Crippen LogP contribution in [-0.2, 0) is 33.8 Å². The highest BCUT2D eigenvalue weighted by Crippen LogP contribution is 2.39. The third-order valence-corrected chi connectivity index (χ3v) is 18.8. The number of para-hydroxylation sites is 6. The third kappa shape index (κ3) is 9.56. The third-order valence-electron chi connectivity index (χ3n) is 18.1. The molecule has 4 aromatic heterocycles. The number of carbonyl (C=O) groups excluding carboxylic acids is 2. The molecular weight excluding hydrogens is 1170 g/mol. The number of hydrogen-bond donors (Lipinski definition) is 1. The van der Waals surface area contributed by atoms with Crippen LogP contribution in [0, 0.1) is 0 Å². The minimum Gasteiger partial charge on any atom is -0.457 e. The molecule has 0 fully saturated rings. The molecule has 1 unspecified atom stereocenters. The second kappa shape index (κ2) is 22.5. The molecule has 1 atom stereocenters. The normalized spacial score (nSPS) is 12.1. The van der Waals surface area contributed by atoms with Gasteiger partial charge >= 0.3 is 11.9 Å². The first kappa shape index (κ1) is 55.2. The molecular formula is C82H54N4O6S. The van der Waals surface area contributed by atoms with E-state index in [1.54, 1.807) is 0 Å². The highest BCUT2D eigenvalue weighted by atomic mass is 32.2. The zero-order valence-electron chi connectivity index (χ0n) is 49.9. The Kier molecular flexibility index (Phi) is 13.4. The number of nitrogens with zero attached hydrogens (tertiary/aromatic N) is 4. The Morgan fingerprint density at radius 1 is 0.290 bits per heavy atom. The van der Waals surface area contributed by atoms with E-state index in [0.29, 0.717) is 0 Å². The largest absolute Gasteiger partial charge is 0.457 e. The molecule has 0 aliphatic heterocycles. The smallest absolute Gasteiger partial charge is 0.338 e. The SMILES string of the molecule is O=C(OCc1ccc2c(c1)c1ccccc1n2-c1ccc(-c2ccc(-n3c4ccccc4c4ccccc43)cc2)cc1)c1cc(C(=O)OCc2ccc3c(c2)c2ccccc2n3-c2ccc(-c3ccc(-n4c5ccccc5c5ccccc54)cc3)cc2)cc(S(=O)O)c1. The molecule has 93 heavy (non-hydrogen) atoms. The summed E-state index contributed by atoms with van der Waals surface area (Å²) in [6.45, 7) is -0.176. The Labute approximate surface area is 535 Å². The minimum atomic E-state index is -2.52. The van der Waals surface area contributed by atoms with Gasteiger partial charge in [-0.25, -0.2) is 13.8 Å². The average Bonchev–Trinajstić information content (AvgIpc) is 1.80. The van der Waals surface area contributed by atoms with Crippen molar-refractivity contribution in [3.63, 3.8) is 0 Å². The molecule has 0 amide bonds. The molecule has 17 rings (SSSR count). The Morgan fingerprint density at radius 3 is 0.806 bits per heavy atom.